The third-order valence-electron chi connectivity index (χ3n) is 6.37. The summed E-state index contributed by atoms with van der Waals surface area (Å²) in [6.07, 6.45) is 4.92. The highest BCUT2D eigenvalue weighted by Gasteiger charge is 2.55. The zero-order valence-electron chi connectivity index (χ0n) is 18.5. The molecule has 0 radical (unpaired) electrons. The second-order valence-electron chi connectivity index (χ2n) is 8.98. The molecule has 0 bridgehead atoms. The number of carbonyl (C=O) groups excluding carboxylic acids is 2. The zero-order chi connectivity index (χ0) is 23.8. The zero-order valence-corrected chi connectivity index (χ0v) is 20.9. The molecule has 2 heterocycles. The van der Waals surface area contributed by atoms with E-state index in [0.29, 0.717) is 12.4 Å². The molecule has 9 nitrogen and oxygen atoms in total. The number of nitrogens with zero attached hydrogens (tertiary/aromatic N) is 2. The summed E-state index contributed by atoms with van der Waals surface area (Å²) in [5.74, 6) is 0.148. The minimum atomic E-state index is -3.31. The molecule has 0 unspecified atom stereocenters. The molecule has 1 saturated carbocycles. The normalized spacial score (nSPS) is 20.0. The van der Waals surface area contributed by atoms with Crippen LogP contribution >= 0.6 is 15.9 Å². The van der Waals surface area contributed by atoms with Gasteiger partial charge in [0.2, 0.25) is 5.91 Å². The molecule has 1 spiro atoms. The highest BCUT2D eigenvalue weighted by atomic mass is 79.9. The number of rotatable bonds is 7. The Hall–Kier alpha value is -2.40. The molecule has 33 heavy (non-hydrogen) atoms. The van der Waals surface area contributed by atoms with Gasteiger partial charge in [-0.1, -0.05) is 28.1 Å². The summed E-state index contributed by atoms with van der Waals surface area (Å²) in [7, 11) is -2.10. The van der Waals surface area contributed by atoms with Gasteiger partial charge in [-0.15, -0.1) is 0 Å². The lowest BCUT2D eigenvalue weighted by atomic mass is 10.0. The minimum absolute atomic E-state index is 0.0225. The van der Waals surface area contributed by atoms with Gasteiger partial charge < -0.3 is 19.9 Å². The van der Waals surface area contributed by atoms with Crippen molar-refractivity contribution in [3.05, 3.63) is 40.8 Å². The van der Waals surface area contributed by atoms with Gasteiger partial charge in [0.05, 0.1) is 30.8 Å². The number of carbonyl (C=O) groups is 2. The van der Waals surface area contributed by atoms with Crippen LogP contribution in [0, 0.1) is 5.41 Å². The van der Waals surface area contributed by atoms with Gasteiger partial charge in [0, 0.05) is 17.3 Å². The number of ether oxygens (including phenoxy) is 1. The van der Waals surface area contributed by atoms with Gasteiger partial charge in [-0.05, 0) is 48.8 Å². The fourth-order valence-electron chi connectivity index (χ4n) is 4.34. The summed E-state index contributed by atoms with van der Waals surface area (Å²) >= 11 is 3.43. The molecule has 2 aromatic rings. The number of alkyl carbamates (subject to hydrolysis) is 1. The molecule has 2 N–H and O–H groups in total. The minimum Gasteiger partial charge on any atom is -0.453 e. The smallest absolute Gasteiger partial charge is 0.407 e. The molecule has 4 rings (SSSR count). The molecule has 11 heteroatoms. The average Bonchev–Trinajstić information content (AvgIpc) is 3.18. The molecule has 1 aromatic heterocycles. The number of nitrogens with one attached hydrogen (secondary N) is 2. The van der Waals surface area contributed by atoms with Gasteiger partial charge in [-0.3, -0.25) is 4.79 Å². The van der Waals surface area contributed by atoms with Crippen molar-refractivity contribution in [2.45, 2.75) is 37.8 Å². The van der Waals surface area contributed by atoms with Gasteiger partial charge in [-0.25, -0.2) is 18.2 Å². The first-order valence-electron chi connectivity index (χ1n) is 10.7. The van der Waals surface area contributed by atoms with Gasteiger partial charge in [0.25, 0.3) is 0 Å². The van der Waals surface area contributed by atoms with Crippen LogP contribution in [0.15, 0.2) is 34.9 Å². The second kappa shape index (κ2) is 9.09. The summed E-state index contributed by atoms with van der Waals surface area (Å²) in [6, 6.07) is 6.58. The van der Waals surface area contributed by atoms with E-state index in [0.717, 1.165) is 41.2 Å². The monoisotopic (exact) mass is 538 g/mol. The summed E-state index contributed by atoms with van der Waals surface area (Å²) in [5, 5.41) is 2.52. The number of amides is 2. The number of aromatic amines is 1. The lowest BCUT2D eigenvalue weighted by Gasteiger charge is -2.28. The SMILES string of the molecule is COC(=O)N[C@H](CCS(C)(=O)=O)C(=O)N1CC2(CC2)C[C@@H]1c1ncc(-c2ccc(Br)cc2)[nH]1. The molecule has 1 saturated heterocycles. The van der Waals surface area contributed by atoms with E-state index in [9.17, 15) is 18.0 Å². The van der Waals surface area contributed by atoms with E-state index in [-0.39, 0.29) is 29.5 Å². The Labute approximate surface area is 201 Å². The topological polar surface area (TPSA) is 121 Å². The van der Waals surface area contributed by atoms with E-state index >= 15 is 0 Å². The maximum absolute atomic E-state index is 13.5. The van der Waals surface area contributed by atoms with Crippen molar-refractivity contribution in [3.8, 4) is 11.3 Å². The fourth-order valence-corrected chi connectivity index (χ4v) is 5.27. The van der Waals surface area contributed by atoms with Crippen LogP contribution in [0.25, 0.3) is 11.3 Å². The van der Waals surface area contributed by atoms with E-state index in [2.05, 4.69) is 36.0 Å². The van der Waals surface area contributed by atoms with Gasteiger partial charge >= 0.3 is 6.09 Å². The van der Waals surface area contributed by atoms with Crippen molar-refractivity contribution in [3.63, 3.8) is 0 Å². The molecule has 2 atom stereocenters. The lowest BCUT2D eigenvalue weighted by molar-refractivity contribution is -0.134. The molecule has 2 amide bonds. The molecule has 2 fully saturated rings. The second-order valence-corrected chi connectivity index (χ2v) is 12.2. The summed E-state index contributed by atoms with van der Waals surface area (Å²) in [4.78, 5) is 35.1. The molecular weight excluding hydrogens is 512 g/mol. The van der Waals surface area contributed by atoms with Crippen molar-refractivity contribution in [1.29, 1.82) is 0 Å². The Morgan fingerprint density at radius 3 is 2.64 bits per heavy atom. The Kier molecular flexibility index (Phi) is 6.54. The summed E-state index contributed by atoms with van der Waals surface area (Å²) in [6.45, 7) is 0.559. The Balaban J connectivity index is 1.58. The standard InChI is InChI=1S/C22H27BrN4O5S/c1-32-21(29)26-16(7-10-33(2,30)31)20(28)27-13-22(8-9-22)11-18(27)19-24-12-17(25-19)14-3-5-15(23)6-4-14/h3-6,12,16,18H,7-11,13H2,1-2H3,(H,24,25)(H,26,29)/t16-,18-/m1/s1. The fraction of sp³-hybridized carbons (Fsp3) is 0.500. The number of H-pyrrole nitrogens is 1. The van der Waals surface area contributed by atoms with Crippen LogP contribution in [0.4, 0.5) is 4.79 Å². The Morgan fingerprint density at radius 2 is 2.03 bits per heavy atom. The maximum atomic E-state index is 13.5. The van der Waals surface area contributed by atoms with Crippen molar-refractivity contribution in [2.24, 2.45) is 5.41 Å². The summed E-state index contributed by atoms with van der Waals surface area (Å²) < 4.78 is 29.0. The number of aromatic nitrogens is 2. The molecule has 178 valence electrons. The van der Waals surface area contributed by atoms with E-state index in [4.69, 9.17) is 0 Å². The van der Waals surface area contributed by atoms with Crippen LogP contribution < -0.4 is 5.32 Å². The molecule has 1 aromatic carbocycles. The van der Waals surface area contributed by atoms with Crippen LogP contribution in [0.2, 0.25) is 0 Å². The van der Waals surface area contributed by atoms with Gasteiger partial charge in [-0.2, -0.15) is 0 Å². The third-order valence-corrected chi connectivity index (χ3v) is 7.87. The average molecular weight is 539 g/mol. The number of hydrogen-bond acceptors (Lipinski definition) is 6. The predicted octanol–water partition coefficient (Wildman–Crippen LogP) is 3.05. The first-order valence-corrected chi connectivity index (χ1v) is 13.6. The quantitative estimate of drug-likeness (QED) is 0.558. The van der Waals surface area contributed by atoms with Crippen molar-refractivity contribution < 1.29 is 22.7 Å². The predicted molar refractivity (Wildman–Crippen MR) is 126 cm³/mol. The number of hydrogen-bond donors (Lipinski definition) is 2. The van der Waals surface area contributed by atoms with E-state index in [1.165, 1.54) is 7.11 Å². The highest BCUT2D eigenvalue weighted by Crippen LogP contribution is 2.58. The molecule has 1 aliphatic carbocycles. The van der Waals surface area contributed by atoms with Gasteiger partial charge in [0.15, 0.2) is 0 Å². The number of halogens is 1. The first-order chi connectivity index (χ1) is 15.6. The molecule has 2 aliphatic rings. The van der Waals surface area contributed by atoms with Gasteiger partial charge in [0.1, 0.15) is 21.7 Å². The molecular formula is C22H27BrN4O5S. The summed E-state index contributed by atoms with van der Waals surface area (Å²) in [5.41, 5.74) is 1.90. The lowest BCUT2D eigenvalue weighted by Crippen LogP contribution is -2.49. The number of likely N-dealkylation sites (tertiary alicyclic amines) is 1. The number of sulfone groups is 1. The number of benzene rings is 1. The number of methoxy groups -OCH3 is 1. The van der Waals surface area contributed by atoms with Crippen LogP contribution in [-0.4, -0.2) is 67.0 Å². The third kappa shape index (κ3) is 5.57. The van der Waals surface area contributed by atoms with Crippen molar-refractivity contribution in [2.75, 3.05) is 25.7 Å². The van der Waals surface area contributed by atoms with E-state index in [1.807, 2.05) is 24.3 Å². The van der Waals surface area contributed by atoms with Crippen LogP contribution in [0.5, 0.6) is 0 Å². The first kappa shape index (κ1) is 23.7. The van der Waals surface area contributed by atoms with Crippen LogP contribution in [0.3, 0.4) is 0 Å². The number of imidazole rings is 1. The van der Waals surface area contributed by atoms with E-state index < -0.39 is 22.0 Å². The van der Waals surface area contributed by atoms with Crippen LogP contribution in [0.1, 0.15) is 37.5 Å². The Bertz CT molecular complexity index is 1140. The largest absolute Gasteiger partial charge is 0.453 e. The van der Waals surface area contributed by atoms with Crippen molar-refractivity contribution >= 4 is 37.8 Å². The van der Waals surface area contributed by atoms with Crippen molar-refractivity contribution in [1.82, 2.24) is 20.2 Å². The van der Waals surface area contributed by atoms with Crippen LogP contribution in [-0.2, 0) is 19.4 Å². The maximum Gasteiger partial charge on any atom is 0.407 e. The highest BCUT2D eigenvalue weighted by molar-refractivity contribution is 9.10. The molecule has 1 aliphatic heterocycles. The Morgan fingerprint density at radius 1 is 1.33 bits per heavy atom. The van der Waals surface area contributed by atoms with E-state index in [1.54, 1.807) is 11.1 Å².